The van der Waals surface area contributed by atoms with E-state index in [4.69, 9.17) is 10.3 Å². The molecule has 76 valence electrons. The predicted octanol–water partition coefficient (Wildman–Crippen LogP) is 2.04. The van der Waals surface area contributed by atoms with E-state index in [1.165, 1.54) is 0 Å². The number of nitrogens with zero attached hydrogens (tertiary/aromatic N) is 1. The van der Waals surface area contributed by atoms with Gasteiger partial charge in [0.25, 0.3) is 0 Å². The Hall–Kier alpha value is -2.10. The van der Waals surface area contributed by atoms with Gasteiger partial charge in [0, 0.05) is 11.3 Å². The number of nitrogen functional groups attached to an aromatic ring is 1. The summed E-state index contributed by atoms with van der Waals surface area (Å²) in [4.78, 5) is 10.9. The highest BCUT2D eigenvalue weighted by Gasteiger charge is 2.15. The molecule has 0 fully saturated rings. The first-order valence-corrected chi connectivity index (χ1v) is 4.50. The smallest absolute Gasteiger partial charge is 0.155 e. The molecule has 0 aliphatic carbocycles. The van der Waals surface area contributed by atoms with Crippen LogP contribution in [0.4, 0.5) is 5.69 Å². The molecular formula is C11H10N2O2. The molecule has 0 unspecified atom stereocenters. The molecule has 2 N–H and O–H groups in total. The normalized spacial score (nSPS) is 10.2. The fourth-order valence-electron chi connectivity index (χ4n) is 1.42. The number of hydrogen-bond acceptors (Lipinski definition) is 4. The van der Waals surface area contributed by atoms with Gasteiger partial charge in [0.2, 0.25) is 0 Å². The lowest BCUT2D eigenvalue weighted by molar-refractivity contribution is 0.112. The predicted molar refractivity (Wildman–Crippen MR) is 56.5 cm³/mol. The number of anilines is 1. The molecule has 0 radical (unpaired) electrons. The maximum Gasteiger partial charge on any atom is 0.155 e. The lowest BCUT2D eigenvalue weighted by Crippen LogP contribution is -1.92. The highest BCUT2D eigenvalue weighted by molar-refractivity contribution is 5.89. The molecule has 15 heavy (non-hydrogen) atoms. The third-order valence-electron chi connectivity index (χ3n) is 2.24. The topological polar surface area (TPSA) is 69.1 Å². The largest absolute Gasteiger partial charge is 0.398 e. The molecule has 0 atom stereocenters. The quantitative estimate of drug-likeness (QED) is 0.597. The zero-order valence-electron chi connectivity index (χ0n) is 8.23. The van der Waals surface area contributed by atoms with Crippen molar-refractivity contribution < 1.29 is 9.32 Å². The maximum atomic E-state index is 10.9. The summed E-state index contributed by atoms with van der Waals surface area (Å²) in [5.74, 6) is 0.503. The van der Waals surface area contributed by atoms with E-state index in [0.717, 1.165) is 11.8 Å². The molecule has 0 saturated carbocycles. The first-order valence-electron chi connectivity index (χ1n) is 4.50. The van der Waals surface area contributed by atoms with Crippen molar-refractivity contribution in [3.63, 3.8) is 0 Å². The summed E-state index contributed by atoms with van der Waals surface area (Å²) in [5.41, 5.74) is 8.04. The maximum absolute atomic E-state index is 10.9. The Morgan fingerprint density at radius 1 is 1.40 bits per heavy atom. The number of carbonyl (C=O) groups is 1. The van der Waals surface area contributed by atoms with Crippen LogP contribution < -0.4 is 5.73 Å². The van der Waals surface area contributed by atoms with Gasteiger partial charge in [0.15, 0.2) is 6.29 Å². The average molecular weight is 202 g/mol. The minimum atomic E-state index is 0.452. The summed E-state index contributed by atoms with van der Waals surface area (Å²) < 4.78 is 4.96. The number of para-hydroxylation sites is 1. The fourth-order valence-corrected chi connectivity index (χ4v) is 1.42. The van der Waals surface area contributed by atoms with Gasteiger partial charge in [0.1, 0.15) is 11.5 Å². The third-order valence-corrected chi connectivity index (χ3v) is 2.24. The van der Waals surface area contributed by atoms with Gasteiger partial charge in [-0.2, -0.15) is 0 Å². The van der Waals surface area contributed by atoms with E-state index in [2.05, 4.69) is 5.16 Å². The van der Waals surface area contributed by atoms with Crippen LogP contribution in [0.15, 0.2) is 28.8 Å². The second kappa shape index (κ2) is 3.57. The lowest BCUT2D eigenvalue weighted by Gasteiger charge is -2.00. The summed E-state index contributed by atoms with van der Waals surface area (Å²) >= 11 is 0. The molecule has 0 amide bonds. The van der Waals surface area contributed by atoms with Crippen LogP contribution in [-0.4, -0.2) is 11.4 Å². The Kier molecular flexibility index (Phi) is 2.25. The van der Waals surface area contributed by atoms with Crippen LogP contribution in [0.5, 0.6) is 0 Å². The summed E-state index contributed by atoms with van der Waals surface area (Å²) in [6.07, 6.45) is 0.730. The fraction of sp³-hybridized carbons (Fsp3) is 0.0909. The number of rotatable bonds is 2. The van der Waals surface area contributed by atoms with Crippen LogP contribution in [0.1, 0.15) is 16.1 Å². The van der Waals surface area contributed by atoms with Gasteiger partial charge < -0.3 is 10.3 Å². The second-order valence-electron chi connectivity index (χ2n) is 3.21. The van der Waals surface area contributed by atoms with Gasteiger partial charge in [-0.15, -0.1) is 0 Å². The molecular weight excluding hydrogens is 192 g/mol. The monoisotopic (exact) mass is 202 g/mol. The Morgan fingerprint density at radius 3 is 2.80 bits per heavy atom. The Balaban J connectivity index is 2.64. The highest BCUT2D eigenvalue weighted by atomic mass is 16.5. The summed E-state index contributed by atoms with van der Waals surface area (Å²) in [6.45, 7) is 1.69. The number of benzene rings is 1. The van der Waals surface area contributed by atoms with Gasteiger partial charge in [0.05, 0.1) is 5.56 Å². The van der Waals surface area contributed by atoms with Gasteiger partial charge in [-0.05, 0) is 13.0 Å². The molecule has 4 nitrogen and oxygen atoms in total. The molecule has 1 heterocycles. The van der Waals surface area contributed by atoms with E-state index in [1.807, 2.05) is 12.1 Å². The van der Waals surface area contributed by atoms with Crippen molar-refractivity contribution in [1.29, 1.82) is 0 Å². The van der Waals surface area contributed by atoms with E-state index < -0.39 is 0 Å². The minimum absolute atomic E-state index is 0.452. The summed E-state index contributed by atoms with van der Waals surface area (Å²) in [6, 6.07) is 7.23. The second-order valence-corrected chi connectivity index (χ2v) is 3.21. The van der Waals surface area contributed by atoms with E-state index in [9.17, 15) is 4.79 Å². The number of nitrogens with two attached hydrogens (primary N) is 1. The number of hydrogen-bond donors (Lipinski definition) is 1. The van der Waals surface area contributed by atoms with Crippen molar-refractivity contribution in [3.05, 3.63) is 35.6 Å². The number of aromatic nitrogens is 1. The van der Waals surface area contributed by atoms with Crippen LogP contribution in [0.2, 0.25) is 0 Å². The standard InChI is InChI=1S/C11H10N2O2/c1-7-9(6-14)11(13-15-7)8-4-2-3-5-10(8)12/h2-6H,12H2,1H3. The Bertz CT molecular complexity index is 503. The van der Waals surface area contributed by atoms with Gasteiger partial charge >= 0.3 is 0 Å². The molecule has 2 aromatic rings. The third kappa shape index (κ3) is 1.50. The number of aryl methyl sites for hydroxylation is 1. The molecule has 4 heteroatoms. The van der Waals surface area contributed by atoms with Crippen molar-refractivity contribution in [2.45, 2.75) is 6.92 Å². The molecule has 0 spiro atoms. The zero-order valence-corrected chi connectivity index (χ0v) is 8.23. The molecule has 0 bridgehead atoms. The number of carbonyl (C=O) groups excluding carboxylic acids is 1. The summed E-state index contributed by atoms with van der Waals surface area (Å²) in [5, 5.41) is 3.83. The average Bonchev–Trinajstić information content (AvgIpc) is 2.60. The molecule has 0 aliphatic heterocycles. The van der Waals surface area contributed by atoms with Gasteiger partial charge in [-0.3, -0.25) is 4.79 Å². The van der Waals surface area contributed by atoms with E-state index in [-0.39, 0.29) is 0 Å². The molecule has 0 saturated heterocycles. The molecule has 1 aromatic heterocycles. The first kappa shape index (κ1) is 9.45. The SMILES string of the molecule is Cc1onc(-c2ccccc2N)c1C=O. The van der Waals surface area contributed by atoms with Crippen molar-refractivity contribution in [1.82, 2.24) is 5.16 Å². The van der Waals surface area contributed by atoms with Crippen LogP contribution in [0.25, 0.3) is 11.3 Å². The van der Waals surface area contributed by atoms with Crippen LogP contribution in [-0.2, 0) is 0 Å². The van der Waals surface area contributed by atoms with Crippen molar-refractivity contribution in [3.8, 4) is 11.3 Å². The molecule has 1 aromatic carbocycles. The van der Waals surface area contributed by atoms with Crippen molar-refractivity contribution in [2.24, 2.45) is 0 Å². The van der Waals surface area contributed by atoms with Gasteiger partial charge in [-0.1, -0.05) is 23.4 Å². The van der Waals surface area contributed by atoms with E-state index in [0.29, 0.717) is 22.7 Å². The van der Waals surface area contributed by atoms with Crippen molar-refractivity contribution in [2.75, 3.05) is 5.73 Å². The minimum Gasteiger partial charge on any atom is -0.398 e. The van der Waals surface area contributed by atoms with Crippen LogP contribution in [0.3, 0.4) is 0 Å². The summed E-state index contributed by atoms with van der Waals surface area (Å²) in [7, 11) is 0. The van der Waals surface area contributed by atoms with Crippen LogP contribution >= 0.6 is 0 Å². The molecule has 2 rings (SSSR count). The van der Waals surface area contributed by atoms with Gasteiger partial charge in [-0.25, -0.2) is 0 Å². The number of aldehydes is 1. The molecule has 0 aliphatic rings. The van der Waals surface area contributed by atoms with Crippen molar-refractivity contribution >= 4 is 12.0 Å². The van der Waals surface area contributed by atoms with E-state index in [1.54, 1.807) is 19.1 Å². The zero-order chi connectivity index (χ0) is 10.8. The Morgan fingerprint density at radius 2 is 2.13 bits per heavy atom. The first-order chi connectivity index (χ1) is 7.24. The van der Waals surface area contributed by atoms with E-state index >= 15 is 0 Å². The highest BCUT2D eigenvalue weighted by Crippen LogP contribution is 2.28. The Labute approximate surface area is 86.7 Å². The van der Waals surface area contributed by atoms with Crippen LogP contribution in [0, 0.1) is 6.92 Å². The lowest BCUT2D eigenvalue weighted by atomic mass is 10.1.